The first kappa shape index (κ1) is 27.5. The summed E-state index contributed by atoms with van der Waals surface area (Å²) in [4.78, 5) is 27.4. The Morgan fingerprint density at radius 1 is 1.03 bits per heavy atom. The molecule has 3 aromatic carbocycles. The van der Waals surface area contributed by atoms with Crippen molar-refractivity contribution in [2.24, 2.45) is 0 Å². The van der Waals surface area contributed by atoms with Gasteiger partial charge in [-0.2, -0.15) is 0 Å². The number of methoxy groups -OCH3 is 2. The summed E-state index contributed by atoms with van der Waals surface area (Å²) >= 11 is 6.20. The van der Waals surface area contributed by atoms with Gasteiger partial charge in [0.25, 0.3) is 0 Å². The maximum Gasteiger partial charge on any atom is 0.246 e. The number of hydrogen-bond donors (Lipinski definition) is 1. The molecular formula is C30H33ClN2O5. The number of ether oxygens (including phenoxy) is 3. The summed E-state index contributed by atoms with van der Waals surface area (Å²) in [7, 11) is 3.08. The van der Waals surface area contributed by atoms with Crippen LogP contribution in [0.4, 0.5) is 5.69 Å². The van der Waals surface area contributed by atoms with E-state index in [1.807, 2.05) is 86.3 Å². The molecule has 7 nitrogen and oxygen atoms in total. The zero-order valence-electron chi connectivity index (χ0n) is 22.3. The van der Waals surface area contributed by atoms with Crippen molar-refractivity contribution >= 4 is 29.1 Å². The molecule has 3 aromatic rings. The Labute approximate surface area is 228 Å². The van der Waals surface area contributed by atoms with E-state index in [9.17, 15) is 9.59 Å². The van der Waals surface area contributed by atoms with Crippen LogP contribution in [0.1, 0.15) is 55.1 Å². The highest BCUT2D eigenvalue weighted by molar-refractivity contribution is 6.30. The maximum absolute atomic E-state index is 13.7. The van der Waals surface area contributed by atoms with Crippen LogP contribution in [0.15, 0.2) is 60.7 Å². The lowest BCUT2D eigenvalue weighted by atomic mass is 9.86. The fraction of sp³-hybridized carbons (Fsp3) is 0.333. The zero-order chi connectivity index (χ0) is 27.4. The molecule has 8 heteroatoms. The highest BCUT2D eigenvalue weighted by atomic mass is 35.5. The monoisotopic (exact) mass is 536 g/mol. The van der Waals surface area contributed by atoms with Gasteiger partial charge >= 0.3 is 0 Å². The van der Waals surface area contributed by atoms with Gasteiger partial charge in [-0.25, -0.2) is 0 Å². The molecule has 0 bridgehead atoms. The molecule has 0 aliphatic carbocycles. The van der Waals surface area contributed by atoms with Crippen LogP contribution in [0, 0.1) is 0 Å². The largest absolute Gasteiger partial charge is 0.493 e. The Bertz CT molecular complexity index is 1290. The van der Waals surface area contributed by atoms with E-state index in [-0.39, 0.29) is 37.0 Å². The Balaban J connectivity index is 1.77. The minimum Gasteiger partial charge on any atom is -0.493 e. The Morgan fingerprint density at radius 2 is 1.71 bits per heavy atom. The van der Waals surface area contributed by atoms with Crippen molar-refractivity contribution in [3.8, 4) is 11.5 Å². The number of carbonyl (C=O) groups is 2. The minimum atomic E-state index is -0.395. The Kier molecular flexibility index (Phi) is 8.59. The summed E-state index contributed by atoms with van der Waals surface area (Å²) in [5.41, 5.74) is 4.46. The summed E-state index contributed by atoms with van der Waals surface area (Å²) in [6.07, 6.45) is 0.180. The molecule has 4 rings (SSSR count). The highest BCUT2D eigenvalue weighted by Crippen LogP contribution is 2.43. The van der Waals surface area contributed by atoms with E-state index in [1.54, 1.807) is 7.11 Å². The molecule has 1 heterocycles. The number of carbonyl (C=O) groups excluding carboxylic acids is 2. The number of nitrogens with one attached hydrogen (secondary N) is 1. The summed E-state index contributed by atoms with van der Waals surface area (Å²) in [6, 6.07) is 18.5. The van der Waals surface area contributed by atoms with Gasteiger partial charge in [-0.15, -0.1) is 0 Å². The van der Waals surface area contributed by atoms with Crippen molar-refractivity contribution < 1.29 is 23.8 Å². The molecule has 0 radical (unpaired) electrons. The second-order valence-corrected chi connectivity index (χ2v) is 10.0. The van der Waals surface area contributed by atoms with Gasteiger partial charge in [-0.1, -0.05) is 35.9 Å². The zero-order valence-corrected chi connectivity index (χ0v) is 23.0. The van der Waals surface area contributed by atoms with Gasteiger partial charge in [0.15, 0.2) is 11.5 Å². The van der Waals surface area contributed by atoms with Crippen molar-refractivity contribution in [3.63, 3.8) is 0 Å². The van der Waals surface area contributed by atoms with Crippen molar-refractivity contribution in [3.05, 3.63) is 87.9 Å². The quantitative estimate of drug-likeness (QED) is 0.383. The number of halogens is 1. The minimum absolute atomic E-state index is 0.000180. The van der Waals surface area contributed by atoms with E-state index in [0.717, 1.165) is 27.9 Å². The molecular weight excluding hydrogens is 504 g/mol. The van der Waals surface area contributed by atoms with E-state index in [2.05, 4.69) is 5.32 Å². The molecule has 1 aliphatic rings. The first-order chi connectivity index (χ1) is 18.2. The molecule has 2 amide bonds. The number of amides is 2. The lowest BCUT2D eigenvalue weighted by molar-refractivity contribution is -0.125. The fourth-order valence-electron chi connectivity index (χ4n) is 4.75. The normalized spacial score (nSPS) is 15.7. The molecule has 38 heavy (non-hydrogen) atoms. The Hall–Kier alpha value is -3.55. The molecule has 0 unspecified atom stereocenters. The first-order valence-corrected chi connectivity index (χ1v) is 12.9. The van der Waals surface area contributed by atoms with Crippen LogP contribution in [0.3, 0.4) is 0 Å². The lowest BCUT2D eigenvalue weighted by Crippen LogP contribution is -2.41. The molecule has 0 fully saturated rings. The van der Waals surface area contributed by atoms with Gasteiger partial charge < -0.3 is 24.4 Å². The molecule has 1 aliphatic heterocycles. The van der Waals surface area contributed by atoms with Gasteiger partial charge in [0.05, 0.1) is 31.7 Å². The highest BCUT2D eigenvalue weighted by Gasteiger charge is 2.36. The maximum atomic E-state index is 13.7. The van der Waals surface area contributed by atoms with Crippen LogP contribution in [-0.2, 0) is 20.7 Å². The van der Waals surface area contributed by atoms with Crippen LogP contribution in [0.5, 0.6) is 11.5 Å². The molecule has 1 N–H and O–H groups in total. The second kappa shape index (κ2) is 11.9. The molecule has 200 valence electrons. The molecule has 2 atom stereocenters. The van der Waals surface area contributed by atoms with Crippen LogP contribution in [0.25, 0.3) is 0 Å². The van der Waals surface area contributed by atoms with Gasteiger partial charge in [0, 0.05) is 17.8 Å². The van der Waals surface area contributed by atoms with E-state index < -0.39 is 6.04 Å². The smallest absolute Gasteiger partial charge is 0.246 e. The number of fused-ring (bicyclic) bond motifs is 1. The molecule has 0 spiro atoms. The summed E-state index contributed by atoms with van der Waals surface area (Å²) in [5, 5.41) is 3.53. The van der Waals surface area contributed by atoms with Gasteiger partial charge in [0.2, 0.25) is 11.8 Å². The van der Waals surface area contributed by atoms with Crippen LogP contribution in [0.2, 0.25) is 5.02 Å². The first-order valence-electron chi connectivity index (χ1n) is 12.5. The average Bonchev–Trinajstić information content (AvgIpc) is 2.88. The van der Waals surface area contributed by atoms with Crippen molar-refractivity contribution in [2.75, 3.05) is 25.7 Å². The molecule has 0 saturated carbocycles. The van der Waals surface area contributed by atoms with E-state index >= 15 is 0 Å². The topological polar surface area (TPSA) is 77.1 Å². The predicted octanol–water partition coefficient (Wildman–Crippen LogP) is 5.64. The number of anilines is 1. The van der Waals surface area contributed by atoms with E-state index in [1.165, 1.54) is 7.11 Å². The van der Waals surface area contributed by atoms with Crippen LogP contribution < -0.4 is 19.7 Å². The van der Waals surface area contributed by atoms with Crippen molar-refractivity contribution in [1.82, 2.24) is 5.32 Å². The second-order valence-electron chi connectivity index (χ2n) is 9.58. The molecule has 0 aromatic heterocycles. The van der Waals surface area contributed by atoms with E-state index in [4.69, 9.17) is 25.8 Å². The van der Waals surface area contributed by atoms with Gasteiger partial charge in [0.1, 0.15) is 6.61 Å². The molecule has 0 saturated heterocycles. The standard InChI is InChI=1S/C30H33ClN2O5/c1-18(2)38-27-16-25-22(14-26(27)37-5)15-29(35)33(30(25)21-6-10-23(31)11-7-21)24-12-8-20(9-13-24)19(3)32-28(34)17-36-4/h6-14,16,18-19,30H,15,17H2,1-5H3,(H,32,34)/t19-,30-/m0/s1. The number of rotatable bonds is 9. The third-order valence-electron chi connectivity index (χ3n) is 6.46. The van der Waals surface area contributed by atoms with E-state index in [0.29, 0.717) is 16.5 Å². The van der Waals surface area contributed by atoms with Crippen molar-refractivity contribution in [1.29, 1.82) is 0 Å². The third kappa shape index (κ3) is 5.95. The number of hydrogen-bond acceptors (Lipinski definition) is 5. The van der Waals surface area contributed by atoms with Gasteiger partial charge in [-0.05, 0) is 79.4 Å². The van der Waals surface area contributed by atoms with Crippen molar-refractivity contribution in [2.45, 2.75) is 45.4 Å². The van der Waals surface area contributed by atoms with Gasteiger partial charge in [-0.3, -0.25) is 9.59 Å². The predicted molar refractivity (Wildman–Crippen MR) is 148 cm³/mol. The summed E-state index contributed by atoms with van der Waals surface area (Å²) in [6.45, 7) is 5.84. The Morgan fingerprint density at radius 3 is 2.32 bits per heavy atom. The number of benzene rings is 3. The SMILES string of the molecule is COCC(=O)N[C@@H](C)c1ccc(N2C(=O)Cc3cc(OC)c(OC(C)C)cc3[C@@H]2c2ccc(Cl)cc2)cc1. The fourth-order valence-corrected chi connectivity index (χ4v) is 4.88. The number of nitrogens with zero attached hydrogens (tertiary/aromatic N) is 1. The van der Waals surface area contributed by atoms with Crippen LogP contribution >= 0.6 is 11.6 Å². The lowest BCUT2D eigenvalue weighted by Gasteiger charge is -2.38. The van der Waals surface area contributed by atoms with Crippen LogP contribution in [-0.4, -0.2) is 38.7 Å². The summed E-state index contributed by atoms with van der Waals surface area (Å²) in [5.74, 6) is 1.00. The average molecular weight is 537 g/mol. The summed E-state index contributed by atoms with van der Waals surface area (Å²) < 4.78 is 16.6. The third-order valence-corrected chi connectivity index (χ3v) is 6.71.